The van der Waals surface area contributed by atoms with E-state index < -0.39 is 89.6 Å². The number of rotatable bonds is 58. The van der Waals surface area contributed by atoms with Gasteiger partial charge >= 0.3 is 31.0 Å². The molecule has 2 amide bonds. The molecule has 4 aliphatic rings. The molecular weight excluding hydrogens is 1820 g/mol. The molecule has 4 rings (SSSR count). The molecule has 0 spiro atoms. The van der Waals surface area contributed by atoms with Crippen molar-refractivity contribution in [2.45, 2.75) is 376 Å². The van der Waals surface area contributed by atoms with Crippen LogP contribution in [0.4, 0.5) is 0 Å². The van der Waals surface area contributed by atoms with Crippen molar-refractivity contribution < 1.29 is 106 Å². The van der Waals surface area contributed by atoms with Crippen molar-refractivity contribution in [2.24, 2.45) is 66.3 Å². The van der Waals surface area contributed by atoms with Crippen molar-refractivity contribution in [3.8, 4) is 6.19 Å². The predicted molar refractivity (Wildman–Crippen MR) is 517 cm³/mol. The summed E-state index contributed by atoms with van der Waals surface area (Å²) < 4.78 is 63.5. The van der Waals surface area contributed by atoms with Gasteiger partial charge in [-0.1, -0.05) is 137 Å². The van der Waals surface area contributed by atoms with Crippen molar-refractivity contribution >= 4 is 135 Å². The first-order chi connectivity index (χ1) is 57.5. The molecule has 22 N–H and O–H groups in total. The fraction of sp³-hybridized carbons (Fsp3) is 0.857. The molecule has 0 saturated carbocycles. The number of amides is 2. The average Bonchev–Trinajstić information content (AvgIpc) is 1.60. The van der Waals surface area contributed by atoms with Gasteiger partial charge in [0.05, 0.1) is 83.2 Å². The first-order valence-electron chi connectivity index (χ1n) is 43.8. The van der Waals surface area contributed by atoms with Gasteiger partial charge in [0, 0.05) is 37.8 Å². The lowest BCUT2D eigenvalue weighted by Crippen LogP contribution is -2.45. The van der Waals surface area contributed by atoms with Crippen LogP contribution in [0.15, 0.2) is 22.0 Å². The minimum atomic E-state index is -4.08. The Morgan fingerprint density at radius 1 is 0.452 bits per heavy atom. The third-order valence-electron chi connectivity index (χ3n) is 22.5. The van der Waals surface area contributed by atoms with E-state index in [1.165, 1.54) is 9.81 Å². The summed E-state index contributed by atoms with van der Waals surface area (Å²) in [4.78, 5) is 72.6. The van der Waals surface area contributed by atoms with Crippen LogP contribution in [0.5, 0.6) is 0 Å². The summed E-state index contributed by atoms with van der Waals surface area (Å²) in [6.45, 7) is 38.9. The molecule has 732 valence electrons. The second-order valence-electron chi connectivity index (χ2n) is 40.4. The number of nitrogens with two attached hydrogens (primary N) is 4. The zero-order valence-corrected chi connectivity index (χ0v) is 86.1. The highest BCUT2D eigenvalue weighted by Gasteiger charge is 2.40. The van der Waals surface area contributed by atoms with Crippen molar-refractivity contribution in [2.75, 3.05) is 37.8 Å². The van der Waals surface area contributed by atoms with Gasteiger partial charge in [-0.2, -0.15) is 16.8 Å². The molecular formula is C84H158N10O22P4S6. The fourth-order valence-corrected chi connectivity index (χ4v) is 21.7. The Hall–Kier alpha value is -1.82. The molecule has 4 aliphatic heterocycles. The summed E-state index contributed by atoms with van der Waals surface area (Å²) in [5.74, 6) is 2.33. The van der Waals surface area contributed by atoms with Gasteiger partial charge in [-0.25, -0.2) is 40.3 Å². The van der Waals surface area contributed by atoms with Crippen LogP contribution in [0.1, 0.15) is 316 Å². The molecule has 32 nitrogen and oxygen atoms in total. The Morgan fingerprint density at radius 2 is 0.706 bits per heavy atom. The number of carbonyl (C=O) groups excluding carboxylic acids is 2. The Morgan fingerprint density at radius 3 is 0.960 bits per heavy atom. The summed E-state index contributed by atoms with van der Waals surface area (Å²) in [5.41, 5.74) is 18.7. The third-order valence-corrected chi connectivity index (χ3v) is 29.0. The van der Waals surface area contributed by atoms with Gasteiger partial charge in [-0.15, -0.1) is 23.5 Å². The lowest BCUT2D eigenvalue weighted by molar-refractivity contribution is -0.123. The largest absolute Gasteiger partial charge is 0.400 e. The third kappa shape index (κ3) is 59.1. The number of carbonyl (C=O) groups is 2. The number of hydrogen-bond acceptors (Lipinski definition) is 25. The predicted octanol–water partition coefficient (Wildman–Crippen LogP) is 15.3. The number of thiocarbonyl (C=S) groups is 4. The minimum Gasteiger partial charge on any atom is -0.393 e. The van der Waals surface area contributed by atoms with Crippen molar-refractivity contribution in [1.82, 2.24) is 20.5 Å². The van der Waals surface area contributed by atoms with Gasteiger partial charge in [-0.3, -0.25) is 33.0 Å². The minimum absolute atomic E-state index is 0.00969. The lowest BCUT2D eigenvalue weighted by atomic mass is 9.82. The molecule has 42 heteroatoms. The Labute approximate surface area is 782 Å². The van der Waals surface area contributed by atoms with E-state index in [9.17, 15) is 68.7 Å². The topological polar surface area (TPSA) is 545 Å². The first-order valence-corrected chi connectivity index (χ1v) is 54.0. The molecule has 0 aliphatic carbocycles. The van der Waals surface area contributed by atoms with Gasteiger partial charge in [0.15, 0.2) is 6.19 Å². The average molecular weight is 1980 g/mol. The number of hydrogen-bond donors (Lipinski definition) is 18. The summed E-state index contributed by atoms with van der Waals surface area (Å²) in [7, 11) is -16.2. The molecule has 2 fully saturated rings. The van der Waals surface area contributed by atoms with Crippen LogP contribution in [0.3, 0.4) is 0 Å². The highest BCUT2D eigenvalue weighted by atomic mass is 32.2. The monoisotopic (exact) mass is 1970 g/mol. The van der Waals surface area contributed by atoms with E-state index in [1.807, 2.05) is 78.9 Å². The standard InChI is InChI=1S/C31H46N2O2S6.C21H36N4O4.C17H40N2O8P2.C15H36N2O8P2/c1-30(2,18-32-26(36)16-24-22(28(32)38)10-14-40-24)12-8-20(34)6-5-7-21(35)9-13-31(3,4)19-33-27(37)17-25-23(29(33)39)11-15-41-25;1-20(2,13-18(28)24-15-22)11-9-16(26)7-6-8-17(27)10-12-21(3,4)14-19(29)25-23-5;1-16(2,12-26-28(18,22)23)10-8-14(20)6-5-7-15(21)9-11-17(3,4)13-27-29(19,24)25;1-14(2,24-26(16,20)21)10-8-12(18)6-5-7-13(19)9-11-15(3,4)25-27(17,22)23/h16-17,20-23,34-35H,5-15,18-19H2,1-4H3;16-17,26-27H,6-14H2,1-4H3,(H,24,28)(H,25,29);14-15,20-21H,5-13H2,1-4H3,(H3,18,22,23)(H3,19,24,25);12-13,18-19H,5-11H2,1-4H3,(H3,16,20,21)(H3,17,22,23). The number of aliphatic hydroxyl groups excluding tert-OH is 8. The van der Waals surface area contributed by atoms with Gasteiger partial charge in [-0.05, 0) is 286 Å². The zero-order valence-electron chi connectivity index (χ0n) is 77.6. The molecule has 0 bridgehead atoms. The Balaban J connectivity index is 0.000000855. The van der Waals surface area contributed by atoms with E-state index in [0.717, 1.165) is 89.5 Å². The van der Waals surface area contributed by atoms with Gasteiger partial charge in [0.2, 0.25) is 5.91 Å². The van der Waals surface area contributed by atoms with Gasteiger partial charge in [0.25, 0.3) is 5.91 Å². The second-order valence-corrected chi connectivity index (χ2v) is 49.8. The van der Waals surface area contributed by atoms with Crippen LogP contribution in [0, 0.1) is 62.4 Å². The first kappa shape index (κ1) is 122. The number of thioether (sulfide) groups is 2. The van der Waals surface area contributed by atoms with Gasteiger partial charge < -0.3 is 70.2 Å². The Bertz CT molecular complexity index is 3510. The quantitative estimate of drug-likeness (QED) is 0.00671. The Kier molecular flexibility index (Phi) is 54.9. The van der Waals surface area contributed by atoms with E-state index >= 15 is 0 Å². The maximum atomic E-state index is 11.5. The normalized spacial score (nSPS) is 20.0. The number of nitriles is 1. The van der Waals surface area contributed by atoms with E-state index in [0.29, 0.717) is 160 Å². The molecule has 0 aromatic rings. The molecule has 0 radical (unpaired) electrons. The van der Waals surface area contributed by atoms with Crippen LogP contribution >= 0.6 is 103 Å². The van der Waals surface area contributed by atoms with Crippen LogP contribution < -0.4 is 32.8 Å². The van der Waals surface area contributed by atoms with Crippen LogP contribution in [-0.2, 0) is 45.9 Å². The van der Waals surface area contributed by atoms with Crippen molar-refractivity contribution in [3.05, 3.63) is 33.5 Å². The molecule has 0 aromatic carbocycles. The molecule has 126 heavy (non-hydrogen) atoms. The number of nitrogens with zero attached hydrogens (tertiary/aromatic N) is 4. The van der Waals surface area contributed by atoms with Crippen LogP contribution in [0.2, 0.25) is 0 Å². The van der Waals surface area contributed by atoms with Crippen LogP contribution in [-0.4, -0.2) is 200 Å². The van der Waals surface area contributed by atoms with E-state index in [4.69, 9.17) is 120 Å². The van der Waals surface area contributed by atoms with E-state index in [2.05, 4.69) is 65.3 Å². The second kappa shape index (κ2) is 56.6. The van der Waals surface area contributed by atoms with Crippen molar-refractivity contribution in [1.29, 1.82) is 5.26 Å². The summed E-state index contributed by atoms with van der Waals surface area (Å²) >= 11 is 26.8. The molecule has 14 atom stereocenters. The number of fused-ring (bicyclic) bond motifs is 2. The summed E-state index contributed by atoms with van der Waals surface area (Å²) in [6.07, 6.45) is 21.3. The van der Waals surface area contributed by atoms with Gasteiger partial charge in [0.1, 0.15) is 9.98 Å². The number of aliphatic hydroxyl groups is 8. The van der Waals surface area contributed by atoms with Crippen LogP contribution in [0.25, 0.3) is 4.95 Å². The molecule has 0 aromatic heterocycles. The number of nitrogens with one attached hydrogen (secondary N) is 2. The maximum absolute atomic E-state index is 11.5. The summed E-state index contributed by atoms with van der Waals surface area (Å²) in [5, 5.41) is 92.7. The maximum Gasteiger partial charge on any atom is 0.400 e. The molecule has 4 heterocycles. The summed E-state index contributed by atoms with van der Waals surface area (Å²) in [6, 6.07) is 0. The lowest BCUT2D eigenvalue weighted by Gasteiger charge is -2.38. The molecule has 14 unspecified atom stereocenters. The molecule has 2 saturated heterocycles. The highest BCUT2D eigenvalue weighted by Crippen LogP contribution is 2.46. The smallest absolute Gasteiger partial charge is 0.393 e. The highest BCUT2D eigenvalue weighted by molar-refractivity contribution is 8.03. The SMILES string of the molecule is CC(C)(CCC(O)CCCC(O)CCC(C)(C)CN1C(=S)C=C2SCCC2C1=S)CN1C(=S)C=C2SCCC2C1=S.CC(C)(CCC(O)CCCC(O)CCC(C)(C)COP(N)(=O)O)COP(N)(=O)O.CC(C)(CCC(O)CCCC(O)CCC(C)(C)OP(N)(=O)O)OP(N)(=O)O.[C-]#[N+]NC(=O)CC(C)(C)CCC(O)CCCC(O)CCC(C)(C)CC(=O)NC#N. The van der Waals surface area contributed by atoms with E-state index in [-0.39, 0.29) is 71.7 Å². The fourth-order valence-electron chi connectivity index (χ4n) is 14.8. The van der Waals surface area contributed by atoms with Crippen molar-refractivity contribution in [3.63, 3.8) is 0 Å². The van der Waals surface area contributed by atoms with E-state index in [1.54, 1.807) is 33.9 Å². The zero-order chi connectivity index (χ0) is 96.9.